The molecule has 1 heterocycles. The van der Waals surface area contributed by atoms with E-state index in [2.05, 4.69) is 0 Å². The number of thioether (sulfide) groups is 1. The average Bonchev–Trinajstić information content (AvgIpc) is 2.77. The number of phenols is 1. The molecule has 0 saturated carbocycles. The number of hydrogen-bond donors (Lipinski definition) is 1. The Balaban J connectivity index is 2.07. The molecule has 0 aromatic heterocycles. The fourth-order valence-corrected chi connectivity index (χ4v) is 2.67. The van der Waals surface area contributed by atoms with Crippen LogP contribution in [0.4, 0.5) is 4.79 Å². The number of amides is 2. The predicted octanol–water partition coefficient (Wildman–Crippen LogP) is 2.77. The number of aromatic hydroxyl groups is 1. The highest BCUT2D eigenvalue weighted by atomic mass is 32.2. The monoisotopic (exact) mass is 335 g/mol. The standard InChI is InChI=1S/C16H17NO5S/c1-3-10(2)22-14(19)9-17-15(20)13(23-16(17)21)8-11-4-6-12(18)7-5-11/h4-8,10,18H,3,9H2,1-2H3/b13-8+/t10-/m0/s1. The maximum Gasteiger partial charge on any atom is 0.326 e. The van der Waals surface area contributed by atoms with Crippen LogP contribution >= 0.6 is 11.8 Å². The van der Waals surface area contributed by atoms with Crippen LogP contribution in [-0.2, 0) is 14.3 Å². The highest BCUT2D eigenvalue weighted by Crippen LogP contribution is 2.32. The van der Waals surface area contributed by atoms with Crippen LogP contribution in [0.25, 0.3) is 6.08 Å². The quantitative estimate of drug-likeness (QED) is 0.658. The van der Waals surface area contributed by atoms with Gasteiger partial charge in [-0.3, -0.25) is 19.3 Å². The number of benzene rings is 1. The Kier molecular flexibility index (Phi) is 5.44. The molecule has 0 aliphatic carbocycles. The van der Waals surface area contributed by atoms with Crippen molar-refractivity contribution in [1.82, 2.24) is 4.90 Å². The van der Waals surface area contributed by atoms with E-state index < -0.39 is 17.1 Å². The molecule has 0 spiro atoms. The lowest BCUT2D eigenvalue weighted by atomic mass is 10.2. The minimum Gasteiger partial charge on any atom is -0.508 e. The van der Waals surface area contributed by atoms with Gasteiger partial charge in [0.25, 0.3) is 11.1 Å². The summed E-state index contributed by atoms with van der Waals surface area (Å²) in [6.45, 7) is 3.23. The van der Waals surface area contributed by atoms with E-state index in [-0.39, 0.29) is 23.3 Å². The molecular weight excluding hydrogens is 318 g/mol. The summed E-state index contributed by atoms with van der Waals surface area (Å²) in [5.41, 5.74) is 0.676. The van der Waals surface area contributed by atoms with Crippen LogP contribution in [0, 0.1) is 0 Å². The number of carbonyl (C=O) groups is 3. The number of phenolic OH excluding ortho intramolecular Hbond substituents is 1. The summed E-state index contributed by atoms with van der Waals surface area (Å²) in [6.07, 6.45) is 1.95. The van der Waals surface area contributed by atoms with Crippen LogP contribution in [0.3, 0.4) is 0 Å². The smallest absolute Gasteiger partial charge is 0.326 e. The molecule has 1 aliphatic rings. The molecule has 0 bridgehead atoms. The first-order chi connectivity index (χ1) is 10.9. The molecule has 0 radical (unpaired) electrons. The number of hydrogen-bond acceptors (Lipinski definition) is 6. The molecule has 2 amide bonds. The second-order valence-corrected chi connectivity index (χ2v) is 6.06. The Morgan fingerprint density at radius 3 is 2.61 bits per heavy atom. The minimum atomic E-state index is -0.604. The Bertz CT molecular complexity index is 653. The summed E-state index contributed by atoms with van der Waals surface area (Å²) >= 11 is 0.776. The van der Waals surface area contributed by atoms with Crippen molar-refractivity contribution in [2.45, 2.75) is 26.4 Å². The lowest BCUT2D eigenvalue weighted by molar-refractivity contribution is -0.150. The first-order valence-corrected chi connectivity index (χ1v) is 7.96. The van der Waals surface area contributed by atoms with Gasteiger partial charge in [-0.2, -0.15) is 0 Å². The van der Waals surface area contributed by atoms with Crippen molar-refractivity contribution in [3.63, 3.8) is 0 Å². The van der Waals surface area contributed by atoms with Crippen molar-refractivity contribution in [1.29, 1.82) is 0 Å². The first kappa shape index (κ1) is 17.1. The molecule has 6 nitrogen and oxygen atoms in total. The van der Waals surface area contributed by atoms with Crippen LogP contribution < -0.4 is 0 Å². The molecule has 0 unspecified atom stereocenters. The van der Waals surface area contributed by atoms with E-state index in [0.29, 0.717) is 12.0 Å². The van der Waals surface area contributed by atoms with E-state index in [9.17, 15) is 19.5 Å². The van der Waals surface area contributed by atoms with Gasteiger partial charge in [-0.15, -0.1) is 0 Å². The summed E-state index contributed by atoms with van der Waals surface area (Å²) in [5.74, 6) is -1.01. The fraction of sp³-hybridized carbons (Fsp3) is 0.312. The van der Waals surface area contributed by atoms with Crippen molar-refractivity contribution in [3.05, 3.63) is 34.7 Å². The Labute approximate surface area is 138 Å². The molecule has 2 rings (SSSR count). The van der Waals surface area contributed by atoms with E-state index in [1.807, 2.05) is 6.92 Å². The molecular formula is C16H17NO5S. The van der Waals surface area contributed by atoms with Gasteiger partial charge in [0.1, 0.15) is 12.3 Å². The van der Waals surface area contributed by atoms with Crippen molar-refractivity contribution in [3.8, 4) is 5.75 Å². The highest BCUT2D eigenvalue weighted by molar-refractivity contribution is 8.18. The molecule has 1 saturated heterocycles. The lowest BCUT2D eigenvalue weighted by Gasteiger charge is -2.14. The third-order valence-electron chi connectivity index (χ3n) is 3.26. The van der Waals surface area contributed by atoms with E-state index in [1.54, 1.807) is 25.1 Å². The number of ether oxygens (including phenoxy) is 1. The predicted molar refractivity (Wildman–Crippen MR) is 86.6 cm³/mol. The summed E-state index contributed by atoms with van der Waals surface area (Å²) < 4.78 is 5.08. The van der Waals surface area contributed by atoms with Crippen LogP contribution in [0.15, 0.2) is 29.2 Å². The molecule has 122 valence electrons. The number of imide groups is 1. The molecule has 7 heteroatoms. The van der Waals surface area contributed by atoms with Gasteiger partial charge in [-0.05, 0) is 48.9 Å². The number of carbonyl (C=O) groups excluding carboxylic acids is 3. The van der Waals surface area contributed by atoms with Gasteiger partial charge in [-0.25, -0.2) is 0 Å². The van der Waals surface area contributed by atoms with Crippen molar-refractivity contribution >= 4 is 35.0 Å². The van der Waals surface area contributed by atoms with Gasteiger partial charge in [0.05, 0.1) is 11.0 Å². The zero-order valence-corrected chi connectivity index (χ0v) is 13.6. The van der Waals surface area contributed by atoms with Crippen LogP contribution in [0.2, 0.25) is 0 Å². The summed E-state index contributed by atoms with van der Waals surface area (Å²) in [4.78, 5) is 37.0. The van der Waals surface area contributed by atoms with E-state index in [0.717, 1.165) is 16.7 Å². The first-order valence-electron chi connectivity index (χ1n) is 7.14. The van der Waals surface area contributed by atoms with Crippen LogP contribution in [0.5, 0.6) is 5.75 Å². The van der Waals surface area contributed by atoms with Gasteiger partial charge in [0, 0.05) is 0 Å². The molecule has 1 N–H and O–H groups in total. The average molecular weight is 335 g/mol. The number of rotatable bonds is 5. The SMILES string of the molecule is CC[C@H](C)OC(=O)CN1C(=O)S/C(=C/c2ccc(O)cc2)C1=O. The van der Waals surface area contributed by atoms with Gasteiger partial charge in [0.2, 0.25) is 0 Å². The normalized spacial score (nSPS) is 17.7. The Hall–Kier alpha value is -2.28. The van der Waals surface area contributed by atoms with E-state index >= 15 is 0 Å². The van der Waals surface area contributed by atoms with Crippen molar-refractivity contribution in [2.24, 2.45) is 0 Å². The summed E-state index contributed by atoms with van der Waals surface area (Å²) in [5, 5.41) is 8.74. The second kappa shape index (κ2) is 7.32. The van der Waals surface area contributed by atoms with E-state index in [4.69, 9.17) is 4.74 Å². The van der Waals surface area contributed by atoms with Crippen LogP contribution in [-0.4, -0.2) is 39.8 Å². The Morgan fingerprint density at radius 1 is 1.35 bits per heavy atom. The van der Waals surface area contributed by atoms with Gasteiger partial charge >= 0.3 is 5.97 Å². The van der Waals surface area contributed by atoms with Gasteiger partial charge in [0.15, 0.2) is 0 Å². The maximum atomic E-state index is 12.2. The molecule has 23 heavy (non-hydrogen) atoms. The molecule has 1 aromatic carbocycles. The Morgan fingerprint density at radius 2 is 2.00 bits per heavy atom. The second-order valence-electron chi connectivity index (χ2n) is 5.07. The van der Waals surface area contributed by atoms with Crippen LogP contribution in [0.1, 0.15) is 25.8 Å². The highest BCUT2D eigenvalue weighted by Gasteiger charge is 2.36. The zero-order chi connectivity index (χ0) is 17.0. The molecule has 1 fully saturated rings. The molecule has 1 aliphatic heterocycles. The van der Waals surface area contributed by atoms with Crippen molar-refractivity contribution < 1.29 is 24.2 Å². The zero-order valence-electron chi connectivity index (χ0n) is 12.8. The van der Waals surface area contributed by atoms with Gasteiger partial charge in [-0.1, -0.05) is 19.1 Å². The maximum absolute atomic E-state index is 12.2. The third kappa shape index (κ3) is 4.35. The van der Waals surface area contributed by atoms with E-state index in [1.165, 1.54) is 12.1 Å². The lowest BCUT2D eigenvalue weighted by Crippen LogP contribution is -2.35. The largest absolute Gasteiger partial charge is 0.508 e. The number of nitrogens with zero attached hydrogens (tertiary/aromatic N) is 1. The fourth-order valence-electron chi connectivity index (χ4n) is 1.83. The topological polar surface area (TPSA) is 83.9 Å². The van der Waals surface area contributed by atoms with Crippen molar-refractivity contribution in [2.75, 3.05) is 6.54 Å². The summed E-state index contributed by atoms with van der Waals surface area (Å²) in [6, 6.07) is 6.22. The van der Waals surface area contributed by atoms with Gasteiger partial charge < -0.3 is 9.84 Å². The molecule has 1 aromatic rings. The molecule has 1 atom stereocenters. The number of esters is 1. The minimum absolute atomic E-state index is 0.114. The summed E-state index contributed by atoms with van der Waals surface area (Å²) in [7, 11) is 0. The third-order valence-corrected chi connectivity index (χ3v) is 4.17.